The zero-order valence-corrected chi connectivity index (χ0v) is 10.9. The van der Waals surface area contributed by atoms with Crippen LogP contribution in [0.25, 0.3) is 0 Å². The average molecular weight is 288 g/mol. The van der Waals surface area contributed by atoms with Crippen LogP contribution >= 0.6 is 23.2 Å². The first-order valence-electron chi connectivity index (χ1n) is 4.84. The molecule has 1 rings (SSSR count). The van der Waals surface area contributed by atoms with E-state index in [1.54, 1.807) is 0 Å². The molecule has 0 saturated carbocycles. The molecule has 1 atom stereocenters. The van der Waals surface area contributed by atoms with Crippen molar-refractivity contribution in [3.05, 3.63) is 16.9 Å². The number of hydrogen-bond donors (Lipinski definition) is 1. The Hall–Kier alpha value is -0.430. The maximum atomic E-state index is 12.8. The number of hydrogen-bond acceptors (Lipinski definition) is 3. The van der Waals surface area contributed by atoms with Crippen LogP contribution in [-0.4, -0.2) is 45.8 Å². The fraction of sp³-hybridized carbons (Fsp3) is 0.667. The highest BCUT2D eigenvalue weighted by atomic mass is 35.5. The molecule has 17 heavy (non-hydrogen) atoms. The monoisotopic (exact) mass is 287 g/mol. The van der Waals surface area contributed by atoms with E-state index in [0.717, 1.165) is 0 Å². The van der Waals surface area contributed by atoms with E-state index in [0.29, 0.717) is 13.1 Å². The maximum absolute atomic E-state index is 12.8. The zero-order valence-electron chi connectivity index (χ0n) is 9.37. The van der Waals surface area contributed by atoms with Gasteiger partial charge in [-0.15, -0.1) is 0 Å². The summed E-state index contributed by atoms with van der Waals surface area (Å²) in [7, 11) is 3.66. The van der Waals surface area contributed by atoms with Crippen LogP contribution in [0.15, 0.2) is 6.20 Å². The zero-order chi connectivity index (χ0) is 13.2. The molecule has 1 heterocycles. The second kappa shape index (κ2) is 5.48. The van der Waals surface area contributed by atoms with E-state index < -0.39 is 11.5 Å². The lowest BCUT2D eigenvalue weighted by Gasteiger charge is -2.19. The number of aliphatic hydroxyl groups excluding tert-OH is 1. The molecule has 0 aromatic carbocycles. The number of likely N-dealkylation sites (N-methyl/N-ethyl adjacent to an activating group) is 1. The summed E-state index contributed by atoms with van der Waals surface area (Å²) in [6.07, 6.45) is -0.973. The highest BCUT2D eigenvalue weighted by Crippen LogP contribution is 2.37. The van der Waals surface area contributed by atoms with Gasteiger partial charge >= 0.3 is 5.38 Å². The Balaban J connectivity index is 2.94. The molecule has 0 aliphatic carbocycles. The van der Waals surface area contributed by atoms with Crippen molar-refractivity contribution in [1.82, 2.24) is 14.7 Å². The summed E-state index contributed by atoms with van der Waals surface area (Å²) < 4.78 is 26.9. The number of nitrogens with zero attached hydrogens (tertiary/aromatic N) is 3. The van der Waals surface area contributed by atoms with E-state index in [1.807, 2.05) is 19.0 Å². The molecule has 0 spiro atoms. The van der Waals surface area contributed by atoms with Gasteiger partial charge in [0.2, 0.25) is 0 Å². The van der Waals surface area contributed by atoms with Gasteiger partial charge in [-0.25, -0.2) is 0 Å². The number of aromatic nitrogens is 2. The summed E-state index contributed by atoms with van der Waals surface area (Å²) in [4.78, 5) is 1.85. The number of rotatable bonds is 5. The van der Waals surface area contributed by atoms with Crippen molar-refractivity contribution in [2.24, 2.45) is 0 Å². The summed E-state index contributed by atoms with van der Waals surface area (Å²) in [5, 5.41) is 9.45. The Labute approximate surface area is 108 Å². The van der Waals surface area contributed by atoms with Gasteiger partial charge in [0.15, 0.2) is 6.10 Å². The predicted molar refractivity (Wildman–Crippen MR) is 61.6 cm³/mol. The average Bonchev–Trinajstić information content (AvgIpc) is 2.54. The number of aliphatic hydroxyl groups is 1. The number of alkyl halides is 3. The van der Waals surface area contributed by atoms with Crippen molar-refractivity contribution >= 4 is 23.2 Å². The molecule has 98 valence electrons. The molecule has 0 saturated heterocycles. The number of halogens is 4. The smallest absolute Gasteiger partial charge is 0.352 e. The second-order valence-corrected chi connectivity index (χ2v) is 4.76. The van der Waals surface area contributed by atoms with Gasteiger partial charge in [0.05, 0.1) is 23.5 Å². The van der Waals surface area contributed by atoms with Crippen molar-refractivity contribution < 1.29 is 13.9 Å². The van der Waals surface area contributed by atoms with Gasteiger partial charge in [-0.05, 0) is 25.7 Å². The van der Waals surface area contributed by atoms with Crippen LogP contribution in [0.1, 0.15) is 11.8 Å². The highest BCUT2D eigenvalue weighted by Gasteiger charge is 2.40. The SMILES string of the molecule is CN(C)CCn1ncc(Cl)c1C(O)C(F)(F)Cl. The minimum absolute atomic E-state index is 0.0309. The first kappa shape index (κ1) is 14.6. The lowest BCUT2D eigenvalue weighted by molar-refractivity contribution is -0.0468. The van der Waals surface area contributed by atoms with Gasteiger partial charge in [-0.2, -0.15) is 13.9 Å². The van der Waals surface area contributed by atoms with E-state index in [1.165, 1.54) is 10.9 Å². The predicted octanol–water partition coefficient (Wildman–Crippen LogP) is 1.96. The van der Waals surface area contributed by atoms with Gasteiger partial charge in [0, 0.05) is 6.54 Å². The molecule has 0 radical (unpaired) electrons. The topological polar surface area (TPSA) is 41.3 Å². The van der Waals surface area contributed by atoms with Crippen molar-refractivity contribution in [1.29, 1.82) is 0 Å². The minimum Gasteiger partial charge on any atom is -0.379 e. The summed E-state index contributed by atoms with van der Waals surface area (Å²) in [6.45, 7) is 0.907. The fourth-order valence-electron chi connectivity index (χ4n) is 1.27. The Kier molecular flexibility index (Phi) is 4.71. The summed E-state index contributed by atoms with van der Waals surface area (Å²) in [6, 6.07) is 0. The van der Waals surface area contributed by atoms with Gasteiger partial charge in [0.1, 0.15) is 0 Å². The Morgan fingerprint density at radius 3 is 2.65 bits per heavy atom. The Bertz CT molecular complexity index is 379. The third-order valence-electron chi connectivity index (χ3n) is 2.16. The maximum Gasteiger partial charge on any atom is 0.352 e. The van der Waals surface area contributed by atoms with Crippen molar-refractivity contribution in [3.63, 3.8) is 0 Å². The molecule has 8 heteroatoms. The summed E-state index contributed by atoms with van der Waals surface area (Å²) in [5.74, 6) is 0. The molecule has 0 aliphatic heterocycles. The van der Waals surface area contributed by atoms with Crippen molar-refractivity contribution in [2.45, 2.75) is 18.0 Å². The Morgan fingerprint density at radius 1 is 1.59 bits per heavy atom. The fourth-order valence-corrected chi connectivity index (χ4v) is 1.62. The van der Waals surface area contributed by atoms with Crippen LogP contribution in [0.3, 0.4) is 0 Å². The summed E-state index contributed by atoms with van der Waals surface area (Å²) in [5.41, 5.74) is -0.173. The minimum atomic E-state index is -3.78. The first-order chi connectivity index (χ1) is 7.73. The third-order valence-corrected chi connectivity index (χ3v) is 2.66. The van der Waals surface area contributed by atoms with Gasteiger partial charge in [-0.3, -0.25) is 4.68 Å². The molecule has 0 amide bonds. The molecule has 1 N–H and O–H groups in total. The molecule has 0 bridgehead atoms. The Morgan fingerprint density at radius 2 is 2.18 bits per heavy atom. The summed E-state index contributed by atoms with van der Waals surface area (Å²) >= 11 is 10.5. The van der Waals surface area contributed by atoms with Gasteiger partial charge < -0.3 is 10.0 Å². The van der Waals surface area contributed by atoms with Crippen LogP contribution in [-0.2, 0) is 6.54 Å². The first-order valence-corrected chi connectivity index (χ1v) is 5.59. The molecule has 0 aliphatic rings. The molecule has 0 fully saturated rings. The second-order valence-electron chi connectivity index (χ2n) is 3.85. The van der Waals surface area contributed by atoms with Crippen LogP contribution in [0.2, 0.25) is 5.02 Å². The van der Waals surface area contributed by atoms with Crippen LogP contribution in [0.4, 0.5) is 8.78 Å². The van der Waals surface area contributed by atoms with Crippen LogP contribution in [0, 0.1) is 0 Å². The molecule has 4 nitrogen and oxygen atoms in total. The molecule has 1 unspecified atom stereocenters. The van der Waals surface area contributed by atoms with E-state index >= 15 is 0 Å². The highest BCUT2D eigenvalue weighted by molar-refractivity contribution is 6.31. The largest absolute Gasteiger partial charge is 0.379 e. The molecule has 1 aromatic rings. The van der Waals surface area contributed by atoms with Gasteiger partial charge in [0.25, 0.3) is 0 Å². The van der Waals surface area contributed by atoms with Crippen molar-refractivity contribution in [2.75, 3.05) is 20.6 Å². The van der Waals surface area contributed by atoms with Crippen LogP contribution < -0.4 is 0 Å². The molecule has 1 aromatic heterocycles. The van der Waals surface area contributed by atoms with E-state index in [4.69, 9.17) is 23.2 Å². The van der Waals surface area contributed by atoms with Crippen LogP contribution in [0.5, 0.6) is 0 Å². The van der Waals surface area contributed by atoms with E-state index in [9.17, 15) is 13.9 Å². The lowest BCUT2D eigenvalue weighted by atomic mass is 10.2. The quantitative estimate of drug-likeness (QED) is 0.842. The van der Waals surface area contributed by atoms with E-state index in [2.05, 4.69) is 5.10 Å². The standard InChI is InChI=1S/C9H13Cl2F2N3O/c1-15(2)3-4-16-7(6(10)5-14-16)8(17)9(11,12)13/h5,8,17H,3-4H2,1-2H3. The molecular formula is C9H13Cl2F2N3O. The normalized spacial score (nSPS) is 14.4. The van der Waals surface area contributed by atoms with Crippen molar-refractivity contribution in [3.8, 4) is 0 Å². The molecular weight excluding hydrogens is 275 g/mol. The van der Waals surface area contributed by atoms with E-state index in [-0.39, 0.29) is 10.7 Å². The van der Waals surface area contributed by atoms with Gasteiger partial charge in [-0.1, -0.05) is 11.6 Å². The third kappa shape index (κ3) is 3.77. The lowest BCUT2D eigenvalue weighted by Crippen LogP contribution is -2.25.